The Morgan fingerprint density at radius 3 is 2.50 bits per heavy atom. The fourth-order valence-corrected chi connectivity index (χ4v) is 1.04. The molecule has 1 atom stereocenters. The van der Waals surface area contributed by atoms with E-state index in [2.05, 4.69) is 18.6 Å². The van der Waals surface area contributed by atoms with Crippen molar-refractivity contribution in [3.8, 4) is 0 Å². The Hall–Kier alpha value is -0.610. The number of rotatable bonds is 10. The maximum absolute atomic E-state index is 10.8. The van der Waals surface area contributed by atoms with Crippen LogP contribution in [0, 0.1) is 5.92 Å². The standard InChI is InChI=1S/C12H24O4/c1-4-11(2)10-16-9-8-15-7-5-6-12(13)14-3/h11H,4-10H2,1-3H3. The van der Waals surface area contributed by atoms with E-state index >= 15 is 0 Å². The zero-order valence-corrected chi connectivity index (χ0v) is 10.7. The average molecular weight is 232 g/mol. The van der Waals surface area contributed by atoms with Crippen LogP contribution < -0.4 is 0 Å². The maximum atomic E-state index is 10.8. The fraction of sp³-hybridized carbons (Fsp3) is 0.917. The highest BCUT2D eigenvalue weighted by Crippen LogP contribution is 2.00. The molecule has 0 N–H and O–H groups in total. The summed E-state index contributed by atoms with van der Waals surface area (Å²) in [4.78, 5) is 10.8. The Kier molecular flexibility index (Phi) is 10.5. The Labute approximate surface area is 98.3 Å². The fourth-order valence-electron chi connectivity index (χ4n) is 1.04. The van der Waals surface area contributed by atoms with E-state index in [-0.39, 0.29) is 5.97 Å². The molecule has 0 heterocycles. The Morgan fingerprint density at radius 2 is 1.88 bits per heavy atom. The van der Waals surface area contributed by atoms with Crippen molar-refractivity contribution in [1.82, 2.24) is 0 Å². The Bertz CT molecular complexity index is 170. The number of hydrogen-bond acceptors (Lipinski definition) is 4. The molecule has 0 aromatic carbocycles. The molecule has 1 unspecified atom stereocenters. The second-order valence-electron chi connectivity index (χ2n) is 3.88. The molecule has 0 saturated carbocycles. The van der Waals surface area contributed by atoms with Crippen molar-refractivity contribution in [2.75, 3.05) is 33.5 Å². The summed E-state index contributed by atoms with van der Waals surface area (Å²) in [5, 5.41) is 0. The first-order valence-electron chi connectivity index (χ1n) is 5.93. The van der Waals surface area contributed by atoms with Gasteiger partial charge in [-0.1, -0.05) is 20.3 Å². The van der Waals surface area contributed by atoms with E-state index in [9.17, 15) is 4.79 Å². The van der Waals surface area contributed by atoms with Gasteiger partial charge in [-0.25, -0.2) is 0 Å². The summed E-state index contributed by atoms with van der Waals surface area (Å²) in [6, 6.07) is 0. The second kappa shape index (κ2) is 10.9. The molecule has 0 amide bonds. The summed E-state index contributed by atoms with van der Waals surface area (Å²) in [6.07, 6.45) is 2.27. The smallest absolute Gasteiger partial charge is 0.305 e. The summed E-state index contributed by atoms with van der Waals surface area (Å²) >= 11 is 0. The molecular formula is C12H24O4. The lowest BCUT2D eigenvalue weighted by Gasteiger charge is -2.09. The highest BCUT2D eigenvalue weighted by atomic mass is 16.5. The van der Waals surface area contributed by atoms with Crippen LogP contribution in [0.25, 0.3) is 0 Å². The third kappa shape index (κ3) is 9.93. The Balaban J connectivity index is 3.07. The van der Waals surface area contributed by atoms with Gasteiger partial charge in [0, 0.05) is 19.6 Å². The predicted molar refractivity (Wildman–Crippen MR) is 62.3 cm³/mol. The van der Waals surface area contributed by atoms with Gasteiger partial charge in [0.1, 0.15) is 0 Å². The van der Waals surface area contributed by atoms with E-state index < -0.39 is 0 Å². The molecule has 0 aliphatic heterocycles. The molecule has 0 radical (unpaired) electrons. The van der Waals surface area contributed by atoms with E-state index in [4.69, 9.17) is 9.47 Å². The minimum atomic E-state index is -0.184. The lowest BCUT2D eigenvalue weighted by atomic mass is 10.1. The van der Waals surface area contributed by atoms with Crippen LogP contribution in [0.2, 0.25) is 0 Å². The minimum Gasteiger partial charge on any atom is -0.469 e. The molecule has 0 rings (SSSR count). The molecule has 0 aromatic heterocycles. The third-order valence-electron chi connectivity index (χ3n) is 2.37. The molecule has 0 fully saturated rings. The molecule has 0 aliphatic carbocycles. The van der Waals surface area contributed by atoms with Crippen molar-refractivity contribution in [2.24, 2.45) is 5.92 Å². The number of hydrogen-bond donors (Lipinski definition) is 0. The molecule has 4 heteroatoms. The van der Waals surface area contributed by atoms with E-state index in [1.807, 2.05) is 0 Å². The molecular weight excluding hydrogens is 208 g/mol. The highest BCUT2D eigenvalue weighted by molar-refractivity contribution is 5.68. The van der Waals surface area contributed by atoms with Crippen molar-refractivity contribution in [2.45, 2.75) is 33.1 Å². The first-order chi connectivity index (χ1) is 7.70. The zero-order chi connectivity index (χ0) is 12.2. The number of carbonyl (C=O) groups excluding carboxylic acids is 1. The van der Waals surface area contributed by atoms with Crippen molar-refractivity contribution < 1.29 is 19.0 Å². The molecule has 0 spiro atoms. The van der Waals surface area contributed by atoms with Gasteiger partial charge in [-0.3, -0.25) is 4.79 Å². The predicted octanol–water partition coefficient (Wildman–Crippen LogP) is 2.02. The lowest BCUT2D eigenvalue weighted by molar-refractivity contribution is -0.141. The van der Waals surface area contributed by atoms with E-state index in [0.717, 1.165) is 13.0 Å². The van der Waals surface area contributed by atoms with Crippen LogP contribution in [0.3, 0.4) is 0 Å². The van der Waals surface area contributed by atoms with Gasteiger partial charge in [0.25, 0.3) is 0 Å². The van der Waals surface area contributed by atoms with Crippen LogP contribution >= 0.6 is 0 Å². The SMILES string of the molecule is CCC(C)COCCOCCCC(=O)OC. The largest absolute Gasteiger partial charge is 0.469 e. The van der Waals surface area contributed by atoms with Gasteiger partial charge in [0.15, 0.2) is 0 Å². The number of esters is 1. The summed E-state index contributed by atoms with van der Waals surface area (Å²) < 4.78 is 15.2. The lowest BCUT2D eigenvalue weighted by Crippen LogP contribution is -2.11. The molecule has 0 aliphatic rings. The summed E-state index contributed by atoms with van der Waals surface area (Å²) in [7, 11) is 1.39. The maximum Gasteiger partial charge on any atom is 0.305 e. The topological polar surface area (TPSA) is 44.8 Å². The van der Waals surface area contributed by atoms with Gasteiger partial charge in [0.2, 0.25) is 0 Å². The molecule has 16 heavy (non-hydrogen) atoms. The van der Waals surface area contributed by atoms with Gasteiger partial charge in [0.05, 0.1) is 20.3 Å². The van der Waals surface area contributed by atoms with Crippen molar-refractivity contribution in [3.05, 3.63) is 0 Å². The monoisotopic (exact) mass is 232 g/mol. The van der Waals surface area contributed by atoms with Crippen LogP contribution in [-0.2, 0) is 19.0 Å². The number of ether oxygens (including phenoxy) is 3. The first-order valence-corrected chi connectivity index (χ1v) is 5.93. The van der Waals surface area contributed by atoms with Gasteiger partial charge in [-0.05, 0) is 12.3 Å². The molecule has 0 saturated heterocycles. The number of carbonyl (C=O) groups is 1. The first kappa shape index (κ1) is 15.4. The summed E-state index contributed by atoms with van der Waals surface area (Å²) in [5.41, 5.74) is 0. The van der Waals surface area contributed by atoms with Gasteiger partial charge < -0.3 is 14.2 Å². The van der Waals surface area contributed by atoms with Crippen LogP contribution in [0.5, 0.6) is 0 Å². The molecule has 4 nitrogen and oxygen atoms in total. The van der Waals surface area contributed by atoms with Gasteiger partial charge in [-0.15, -0.1) is 0 Å². The van der Waals surface area contributed by atoms with E-state index in [0.29, 0.717) is 38.6 Å². The molecule has 0 aromatic rings. The Morgan fingerprint density at radius 1 is 1.19 bits per heavy atom. The van der Waals surface area contributed by atoms with Crippen LogP contribution in [0.15, 0.2) is 0 Å². The van der Waals surface area contributed by atoms with Gasteiger partial charge in [-0.2, -0.15) is 0 Å². The zero-order valence-electron chi connectivity index (χ0n) is 10.7. The highest BCUT2D eigenvalue weighted by Gasteiger charge is 2.00. The van der Waals surface area contributed by atoms with Crippen molar-refractivity contribution in [1.29, 1.82) is 0 Å². The van der Waals surface area contributed by atoms with Crippen LogP contribution in [-0.4, -0.2) is 39.5 Å². The molecule has 96 valence electrons. The van der Waals surface area contributed by atoms with Crippen molar-refractivity contribution >= 4 is 5.97 Å². The average Bonchev–Trinajstić information content (AvgIpc) is 2.31. The minimum absolute atomic E-state index is 0.184. The van der Waals surface area contributed by atoms with E-state index in [1.54, 1.807) is 0 Å². The normalized spacial score (nSPS) is 12.4. The van der Waals surface area contributed by atoms with Crippen molar-refractivity contribution in [3.63, 3.8) is 0 Å². The summed E-state index contributed by atoms with van der Waals surface area (Å²) in [6.45, 7) is 6.92. The molecule has 0 bridgehead atoms. The number of methoxy groups -OCH3 is 1. The summed E-state index contributed by atoms with van der Waals surface area (Å²) in [5.74, 6) is 0.427. The van der Waals surface area contributed by atoms with Crippen LogP contribution in [0.4, 0.5) is 0 Å². The van der Waals surface area contributed by atoms with E-state index in [1.165, 1.54) is 7.11 Å². The third-order valence-corrected chi connectivity index (χ3v) is 2.37. The van der Waals surface area contributed by atoms with Gasteiger partial charge >= 0.3 is 5.97 Å². The van der Waals surface area contributed by atoms with Crippen LogP contribution in [0.1, 0.15) is 33.1 Å². The second-order valence-corrected chi connectivity index (χ2v) is 3.88. The quantitative estimate of drug-likeness (QED) is 0.427.